The molecule has 1 amide bonds. The van der Waals surface area contributed by atoms with Crippen molar-refractivity contribution in [2.24, 2.45) is 0 Å². The maximum Gasteiger partial charge on any atom is 0.226 e. The molecule has 6 heteroatoms. The van der Waals surface area contributed by atoms with Crippen molar-refractivity contribution in [1.82, 2.24) is 15.1 Å². The number of para-hydroxylation sites is 1. The van der Waals surface area contributed by atoms with Gasteiger partial charge >= 0.3 is 0 Å². The largest absolute Gasteiger partial charge is 0.493 e. The maximum absolute atomic E-state index is 12.8. The van der Waals surface area contributed by atoms with Crippen molar-refractivity contribution in [2.75, 3.05) is 13.2 Å². The molecule has 2 aromatic carbocycles. The van der Waals surface area contributed by atoms with Crippen LogP contribution in [0.25, 0.3) is 11.1 Å². The highest BCUT2D eigenvalue weighted by molar-refractivity contribution is 6.30. The molecule has 1 aromatic heterocycles. The van der Waals surface area contributed by atoms with E-state index in [0.717, 1.165) is 42.0 Å². The molecule has 1 N–H and O–H groups in total. The second-order valence-corrected chi connectivity index (χ2v) is 7.30. The van der Waals surface area contributed by atoms with Crippen LogP contribution in [0.1, 0.15) is 31.0 Å². The number of H-pyrrole nitrogens is 1. The molecule has 1 atom stereocenters. The van der Waals surface area contributed by atoms with E-state index in [4.69, 9.17) is 16.3 Å². The van der Waals surface area contributed by atoms with Crippen molar-refractivity contribution in [3.63, 3.8) is 0 Å². The molecule has 1 fully saturated rings. The van der Waals surface area contributed by atoms with Crippen LogP contribution in [-0.2, 0) is 4.79 Å². The van der Waals surface area contributed by atoms with E-state index >= 15 is 0 Å². The van der Waals surface area contributed by atoms with Gasteiger partial charge < -0.3 is 9.64 Å². The number of benzene rings is 2. The van der Waals surface area contributed by atoms with Gasteiger partial charge in [0.05, 0.1) is 31.0 Å². The molecule has 28 heavy (non-hydrogen) atoms. The maximum atomic E-state index is 12.8. The highest BCUT2D eigenvalue weighted by atomic mass is 35.5. The number of nitrogens with one attached hydrogen (secondary N) is 1. The molecular formula is C22H22ClN3O2. The van der Waals surface area contributed by atoms with Crippen molar-refractivity contribution < 1.29 is 9.53 Å². The number of carbonyl (C=O) groups is 1. The summed E-state index contributed by atoms with van der Waals surface area (Å²) in [6, 6.07) is 17.3. The number of hydrogen-bond acceptors (Lipinski definition) is 3. The van der Waals surface area contributed by atoms with Crippen molar-refractivity contribution >= 4 is 17.5 Å². The average Bonchev–Trinajstić information content (AvgIpc) is 3.38. The molecule has 1 saturated heterocycles. The van der Waals surface area contributed by atoms with Gasteiger partial charge in [-0.05, 0) is 42.7 Å². The first-order chi connectivity index (χ1) is 13.7. The summed E-state index contributed by atoms with van der Waals surface area (Å²) in [4.78, 5) is 14.8. The Bertz CT molecular complexity index is 942. The number of ether oxygens (including phenoxy) is 1. The van der Waals surface area contributed by atoms with Gasteiger partial charge in [0.15, 0.2) is 0 Å². The van der Waals surface area contributed by atoms with Crippen LogP contribution < -0.4 is 4.74 Å². The molecule has 3 aromatic rings. The van der Waals surface area contributed by atoms with Gasteiger partial charge in [0, 0.05) is 17.1 Å². The molecule has 1 aliphatic rings. The van der Waals surface area contributed by atoms with Crippen molar-refractivity contribution in [1.29, 1.82) is 0 Å². The topological polar surface area (TPSA) is 58.2 Å². The number of halogens is 1. The molecule has 1 unspecified atom stereocenters. The Morgan fingerprint density at radius 1 is 1.21 bits per heavy atom. The van der Waals surface area contributed by atoms with E-state index < -0.39 is 0 Å². The zero-order valence-corrected chi connectivity index (χ0v) is 16.2. The molecule has 5 nitrogen and oxygen atoms in total. The predicted octanol–water partition coefficient (Wildman–Crippen LogP) is 4.86. The summed E-state index contributed by atoms with van der Waals surface area (Å²) in [6.45, 7) is 1.12. The van der Waals surface area contributed by atoms with E-state index in [1.54, 1.807) is 6.20 Å². The number of hydrogen-bond donors (Lipinski definition) is 1. The summed E-state index contributed by atoms with van der Waals surface area (Å²) in [5.41, 5.74) is 2.97. The number of aromatic nitrogens is 2. The normalized spacial score (nSPS) is 16.3. The van der Waals surface area contributed by atoms with Crippen molar-refractivity contribution in [3.05, 3.63) is 71.5 Å². The minimum Gasteiger partial charge on any atom is -0.493 e. The van der Waals surface area contributed by atoms with Crippen LogP contribution in [0.15, 0.2) is 60.8 Å². The summed E-state index contributed by atoms with van der Waals surface area (Å²) in [7, 11) is 0. The minimum atomic E-state index is 0.000655. The number of amides is 1. The summed E-state index contributed by atoms with van der Waals surface area (Å²) in [5, 5.41) is 8.03. The van der Waals surface area contributed by atoms with Gasteiger partial charge in [-0.2, -0.15) is 5.10 Å². The Hall–Kier alpha value is -2.79. The number of aromatic amines is 1. The molecule has 4 rings (SSSR count). The fourth-order valence-corrected chi connectivity index (χ4v) is 3.91. The summed E-state index contributed by atoms with van der Waals surface area (Å²) < 4.78 is 5.69. The Morgan fingerprint density at radius 3 is 2.89 bits per heavy atom. The summed E-state index contributed by atoms with van der Waals surface area (Å²) in [5.74, 6) is 0.884. The molecule has 1 aliphatic heterocycles. The highest BCUT2D eigenvalue weighted by Crippen LogP contribution is 2.37. The quantitative estimate of drug-likeness (QED) is 0.648. The fourth-order valence-electron chi connectivity index (χ4n) is 3.72. The van der Waals surface area contributed by atoms with Gasteiger partial charge in [0.2, 0.25) is 5.91 Å². The van der Waals surface area contributed by atoms with E-state index in [0.29, 0.717) is 18.1 Å². The van der Waals surface area contributed by atoms with Gasteiger partial charge in [0.25, 0.3) is 0 Å². The number of likely N-dealkylation sites (tertiary alicyclic amines) is 1. The lowest BCUT2D eigenvalue weighted by atomic mass is 10.0. The zero-order chi connectivity index (χ0) is 19.3. The highest BCUT2D eigenvalue weighted by Gasteiger charge is 2.32. The minimum absolute atomic E-state index is 0.000655. The molecule has 0 aliphatic carbocycles. The second-order valence-electron chi connectivity index (χ2n) is 6.86. The monoisotopic (exact) mass is 395 g/mol. The average molecular weight is 396 g/mol. The standard InChI is InChI=1S/C22H22ClN3O2/c23-17-7-4-6-16(14-17)19-15-24-25-22(19)20-10-5-12-26(20)21(27)11-13-28-18-8-2-1-3-9-18/h1-4,6-9,14-15,20H,5,10-13H2,(H,24,25). The van der Waals surface area contributed by atoms with Crippen LogP contribution in [0.4, 0.5) is 0 Å². The van der Waals surface area contributed by atoms with E-state index in [-0.39, 0.29) is 11.9 Å². The lowest BCUT2D eigenvalue weighted by Gasteiger charge is -2.25. The van der Waals surface area contributed by atoms with E-state index in [1.807, 2.05) is 59.5 Å². The smallest absolute Gasteiger partial charge is 0.226 e. The van der Waals surface area contributed by atoms with E-state index in [9.17, 15) is 4.79 Å². The molecular weight excluding hydrogens is 374 g/mol. The fraction of sp³-hybridized carbons (Fsp3) is 0.273. The van der Waals surface area contributed by atoms with E-state index in [2.05, 4.69) is 10.2 Å². The van der Waals surface area contributed by atoms with Crippen LogP contribution in [0.2, 0.25) is 5.02 Å². The molecule has 0 radical (unpaired) electrons. The van der Waals surface area contributed by atoms with Crippen molar-refractivity contribution in [2.45, 2.75) is 25.3 Å². The van der Waals surface area contributed by atoms with Gasteiger partial charge in [-0.15, -0.1) is 0 Å². The first kappa shape index (κ1) is 18.6. The molecule has 144 valence electrons. The lowest BCUT2D eigenvalue weighted by Crippen LogP contribution is -2.32. The van der Waals surface area contributed by atoms with Crippen LogP contribution in [-0.4, -0.2) is 34.2 Å². The van der Waals surface area contributed by atoms with Gasteiger partial charge in [-0.25, -0.2) is 0 Å². The van der Waals surface area contributed by atoms with Crippen LogP contribution in [0.5, 0.6) is 5.75 Å². The number of carbonyl (C=O) groups excluding carboxylic acids is 1. The summed E-state index contributed by atoms with van der Waals surface area (Å²) in [6.07, 6.45) is 4.05. The first-order valence-electron chi connectivity index (χ1n) is 9.49. The Labute approximate surface area is 169 Å². The number of nitrogens with zero attached hydrogens (tertiary/aromatic N) is 2. The first-order valence-corrected chi connectivity index (χ1v) is 9.86. The van der Waals surface area contributed by atoms with Crippen LogP contribution in [0, 0.1) is 0 Å². The number of rotatable bonds is 6. The predicted molar refractivity (Wildman–Crippen MR) is 109 cm³/mol. The molecule has 0 bridgehead atoms. The Balaban J connectivity index is 1.45. The third-order valence-corrected chi connectivity index (χ3v) is 5.27. The summed E-state index contributed by atoms with van der Waals surface area (Å²) >= 11 is 6.15. The second kappa shape index (κ2) is 8.48. The van der Waals surface area contributed by atoms with Gasteiger partial charge in [-0.3, -0.25) is 9.89 Å². The van der Waals surface area contributed by atoms with Crippen LogP contribution in [0.3, 0.4) is 0 Å². The molecule has 0 saturated carbocycles. The van der Waals surface area contributed by atoms with Crippen LogP contribution >= 0.6 is 11.6 Å². The third kappa shape index (κ3) is 4.04. The lowest BCUT2D eigenvalue weighted by molar-refractivity contribution is -0.132. The SMILES string of the molecule is O=C(CCOc1ccccc1)N1CCCC1c1[nH]ncc1-c1cccc(Cl)c1. The molecule has 2 heterocycles. The van der Waals surface area contributed by atoms with Gasteiger partial charge in [0.1, 0.15) is 5.75 Å². The zero-order valence-electron chi connectivity index (χ0n) is 15.5. The van der Waals surface area contributed by atoms with Crippen molar-refractivity contribution in [3.8, 4) is 16.9 Å². The Kier molecular flexibility index (Phi) is 5.63. The van der Waals surface area contributed by atoms with E-state index in [1.165, 1.54) is 0 Å². The molecule has 0 spiro atoms. The Morgan fingerprint density at radius 2 is 2.07 bits per heavy atom. The van der Waals surface area contributed by atoms with Gasteiger partial charge in [-0.1, -0.05) is 41.9 Å². The third-order valence-electron chi connectivity index (χ3n) is 5.04.